The maximum Gasteiger partial charge on any atom is 0.417 e. The number of benzene rings is 1. The molecule has 106 valence electrons. The second-order valence-electron chi connectivity index (χ2n) is 3.94. The molecule has 0 saturated heterocycles. The second kappa shape index (κ2) is 6.15. The van der Waals surface area contributed by atoms with Gasteiger partial charge in [0.2, 0.25) is 0 Å². The van der Waals surface area contributed by atoms with Crippen molar-refractivity contribution in [3.63, 3.8) is 0 Å². The highest BCUT2D eigenvalue weighted by molar-refractivity contribution is 9.10. The summed E-state index contributed by atoms with van der Waals surface area (Å²) in [4.78, 5) is 4.69. The molecule has 20 heavy (non-hydrogen) atoms. The van der Waals surface area contributed by atoms with Crippen molar-refractivity contribution in [2.75, 3.05) is 0 Å². The maximum atomic E-state index is 12.4. The molecule has 0 saturated carbocycles. The zero-order chi connectivity index (χ0) is 14.8. The van der Waals surface area contributed by atoms with E-state index in [2.05, 4.69) is 20.9 Å². The van der Waals surface area contributed by atoms with Crippen molar-refractivity contribution in [3.05, 3.63) is 52.1 Å². The molecule has 2 aromatic rings. The number of alkyl halides is 3. The fourth-order valence-corrected chi connectivity index (χ4v) is 2.97. The van der Waals surface area contributed by atoms with Crippen LogP contribution in [-0.2, 0) is 12.7 Å². The molecule has 1 aromatic carbocycles. The molecular formula is C13H10BrF3N2S. The number of rotatable bonds is 3. The normalized spacial score (nSPS) is 11.7. The molecule has 0 aliphatic rings. The Morgan fingerprint density at radius 2 is 1.95 bits per heavy atom. The van der Waals surface area contributed by atoms with Gasteiger partial charge in [-0.3, -0.25) is 0 Å². The minimum atomic E-state index is -4.36. The number of hydrogen-bond donors (Lipinski definition) is 1. The van der Waals surface area contributed by atoms with Crippen molar-refractivity contribution in [2.24, 2.45) is 5.73 Å². The average molecular weight is 363 g/mol. The van der Waals surface area contributed by atoms with Gasteiger partial charge < -0.3 is 5.73 Å². The highest BCUT2D eigenvalue weighted by Gasteiger charge is 2.30. The van der Waals surface area contributed by atoms with Crippen LogP contribution in [0.15, 0.2) is 50.9 Å². The van der Waals surface area contributed by atoms with Crippen LogP contribution in [0.4, 0.5) is 13.2 Å². The molecule has 2 N–H and O–H groups in total. The van der Waals surface area contributed by atoms with Crippen molar-refractivity contribution in [1.29, 1.82) is 0 Å². The van der Waals surface area contributed by atoms with Crippen molar-refractivity contribution < 1.29 is 13.2 Å². The van der Waals surface area contributed by atoms with Crippen LogP contribution in [0.5, 0.6) is 0 Å². The van der Waals surface area contributed by atoms with E-state index in [0.29, 0.717) is 11.6 Å². The van der Waals surface area contributed by atoms with Gasteiger partial charge in [0.1, 0.15) is 5.03 Å². The van der Waals surface area contributed by atoms with E-state index in [4.69, 9.17) is 5.73 Å². The van der Waals surface area contributed by atoms with Gasteiger partial charge in [-0.1, -0.05) is 33.8 Å². The van der Waals surface area contributed by atoms with Crippen molar-refractivity contribution in [2.45, 2.75) is 22.6 Å². The molecule has 0 bridgehead atoms. The Morgan fingerprint density at radius 1 is 1.20 bits per heavy atom. The summed E-state index contributed by atoms with van der Waals surface area (Å²) in [6, 6.07) is 7.98. The van der Waals surface area contributed by atoms with Crippen LogP contribution >= 0.6 is 27.7 Å². The van der Waals surface area contributed by atoms with Crippen molar-refractivity contribution in [3.8, 4) is 0 Å². The zero-order valence-corrected chi connectivity index (χ0v) is 12.5. The van der Waals surface area contributed by atoms with Crippen molar-refractivity contribution in [1.82, 2.24) is 4.98 Å². The molecule has 0 spiro atoms. The number of nitrogens with zero attached hydrogens (tertiary/aromatic N) is 1. The highest BCUT2D eigenvalue weighted by atomic mass is 79.9. The van der Waals surface area contributed by atoms with Gasteiger partial charge in [-0.15, -0.1) is 0 Å². The van der Waals surface area contributed by atoms with Crippen LogP contribution < -0.4 is 5.73 Å². The molecule has 0 amide bonds. The molecule has 0 aliphatic heterocycles. The van der Waals surface area contributed by atoms with Gasteiger partial charge in [0, 0.05) is 22.1 Å². The van der Waals surface area contributed by atoms with Crippen LogP contribution in [-0.4, -0.2) is 4.98 Å². The molecule has 7 heteroatoms. The van der Waals surface area contributed by atoms with E-state index < -0.39 is 11.7 Å². The van der Waals surface area contributed by atoms with E-state index in [9.17, 15) is 13.2 Å². The quantitative estimate of drug-likeness (QED) is 0.875. The largest absolute Gasteiger partial charge is 0.417 e. The monoisotopic (exact) mass is 362 g/mol. The molecule has 2 rings (SSSR count). The Balaban J connectivity index is 2.16. The predicted molar refractivity (Wildman–Crippen MR) is 75.4 cm³/mol. The molecule has 1 aromatic heterocycles. The van der Waals surface area contributed by atoms with Gasteiger partial charge in [-0.05, 0) is 29.8 Å². The van der Waals surface area contributed by atoms with Gasteiger partial charge in [-0.2, -0.15) is 13.2 Å². The van der Waals surface area contributed by atoms with E-state index in [1.807, 2.05) is 18.2 Å². The maximum absolute atomic E-state index is 12.4. The Kier molecular flexibility index (Phi) is 4.72. The Bertz CT molecular complexity index is 600. The van der Waals surface area contributed by atoms with E-state index in [-0.39, 0.29) is 0 Å². The van der Waals surface area contributed by atoms with E-state index in [0.717, 1.165) is 27.2 Å². The topological polar surface area (TPSA) is 38.9 Å². The standard InChI is InChI=1S/C13H10BrF3N2S/c14-11-5-10(3-1-8(11)6-18)20-12-4-2-9(7-19-12)13(15,16)17/h1-5,7H,6,18H2. The third-order valence-electron chi connectivity index (χ3n) is 2.53. The van der Waals surface area contributed by atoms with E-state index in [1.165, 1.54) is 17.8 Å². The zero-order valence-electron chi connectivity index (χ0n) is 10.1. The lowest BCUT2D eigenvalue weighted by Gasteiger charge is -2.07. The van der Waals surface area contributed by atoms with E-state index >= 15 is 0 Å². The first-order valence-electron chi connectivity index (χ1n) is 5.60. The van der Waals surface area contributed by atoms with Gasteiger partial charge in [0.05, 0.1) is 5.56 Å². The van der Waals surface area contributed by atoms with Gasteiger partial charge in [0.15, 0.2) is 0 Å². The van der Waals surface area contributed by atoms with Gasteiger partial charge >= 0.3 is 6.18 Å². The average Bonchev–Trinajstić information content (AvgIpc) is 2.38. The molecule has 0 aliphatic carbocycles. The molecular weight excluding hydrogens is 353 g/mol. The second-order valence-corrected chi connectivity index (χ2v) is 5.89. The molecule has 0 fully saturated rings. The first kappa shape index (κ1) is 15.3. The summed E-state index contributed by atoms with van der Waals surface area (Å²) in [7, 11) is 0. The molecule has 0 unspecified atom stereocenters. The number of halogens is 4. The summed E-state index contributed by atoms with van der Waals surface area (Å²) in [5, 5.41) is 0.505. The number of hydrogen-bond acceptors (Lipinski definition) is 3. The van der Waals surface area contributed by atoms with Crippen LogP contribution in [0.2, 0.25) is 0 Å². The third kappa shape index (κ3) is 3.74. The van der Waals surface area contributed by atoms with Crippen molar-refractivity contribution >= 4 is 27.7 Å². The summed E-state index contributed by atoms with van der Waals surface area (Å²) < 4.78 is 38.1. The first-order valence-corrected chi connectivity index (χ1v) is 7.20. The smallest absolute Gasteiger partial charge is 0.326 e. The summed E-state index contributed by atoms with van der Waals surface area (Å²) in [6.07, 6.45) is -3.52. The molecule has 0 atom stereocenters. The van der Waals surface area contributed by atoms with Gasteiger partial charge in [-0.25, -0.2) is 4.98 Å². The Hall–Kier alpha value is -1.05. The fraction of sp³-hybridized carbons (Fsp3) is 0.154. The summed E-state index contributed by atoms with van der Waals surface area (Å²) >= 11 is 4.69. The number of nitrogens with two attached hydrogens (primary N) is 1. The SMILES string of the molecule is NCc1ccc(Sc2ccc(C(F)(F)F)cn2)cc1Br. The predicted octanol–water partition coefficient (Wildman–Crippen LogP) is 4.47. The summed E-state index contributed by atoms with van der Waals surface area (Å²) in [6.45, 7) is 0.421. The molecule has 0 radical (unpaired) electrons. The minimum Gasteiger partial charge on any atom is -0.326 e. The van der Waals surface area contributed by atoms with Crippen LogP contribution in [0, 0.1) is 0 Å². The fourth-order valence-electron chi connectivity index (χ4n) is 1.49. The number of aromatic nitrogens is 1. The summed E-state index contributed by atoms with van der Waals surface area (Å²) in [5.74, 6) is 0. The Labute approximate surface area is 126 Å². The highest BCUT2D eigenvalue weighted by Crippen LogP contribution is 2.32. The first-order chi connectivity index (χ1) is 9.40. The lowest BCUT2D eigenvalue weighted by Crippen LogP contribution is -2.05. The lowest BCUT2D eigenvalue weighted by atomic mass is 10.2. The minimum absolute atomic E-state index is 0.421. The van der Waals surface area contributed by atoms with Crippen LogP contribution in [0.25, 0.3) is 0 Å². The lowest BCUT2D eigenvalue weighted by molar-refractivity contribution is -0.137. The Morgan fingerprint density at radius 3 is 2.45 bits per heavy atom. The van der Waals surface area contributed by atoms with Crippen LogP contribution in [0.3, 0.4) is 0 Å². The van der Waals surface area contributed by atoms with E-state index in [1.54, 1.807) is 0 Å². The van der Waals surface area contributed by atoms with Crippen LogP contribution in [0.1, 0.15) is 11.1 Å². The third-order valence-corrected chi connectivity index (χ3v) is 4.21. The summed E-state index contributed by atoms with van der Waals surface area (Å²) in [5.41, 5.74) is 5.77. The molecule has 2 nitrogen and oxygen atoms in total. The molecule has 1 heterocycles. The number of pyridine rings is 1. The van der Waals surface area contributed by atoms with Gasteiger partial charge in [0.25, 0.3) is 0 Å².